The Morgan fingerprint density at radius 2 is 1.67 bits per heavy atom. The van der Waals surface area contributed by atoms with Crippen molar-refractivity contribution in [3.63, 3.8) is 0 Å². The van der Waals surface area contributed by atoms with Crippen molar-refractivity contribution in [2.45, 2.75) is 6.29 Å². The summed E-state index contributed by atoms with van der Waals surface area (Å²) in [6.07, 6.45) is -0.176. The third-order valence-corrected chi connectivity index (χ3v) is 0.518. The number of rotatable bonds is 0. The lowest BCUT2D eigenvalue weighted by Gasteiger charge is -1.94. The molecule has 36 valence electrons. The third kappa shape index (κ3) is 0.644. The second-order valence-corrected chi connectivity index (χ2v) is 1.02. The molecule has 0 atom stereocenters. The smallest absolute Gasteiger partial charge is 0.136 e. The Hall–Kier alpha value is -0.200. The molecule has 0 aromatic rings. The average molecular weight is 89.1 g/mol. The Labute approximate surface area is 35.2 Å². The Morgan fingerprint density at radius 3 is 1.83 bits per heavy atom. The molecule has 1 aliphatic heterocycles. The lowest BCUT2D eigenvalue weighted by Crippen LogP contribution is -2.42. The van der Waals surface area contributed by atoms with E-state index in [0.29, 0.717) is 0 Å². The van der Waals surface area contributed by atoms with E-state index >= 15 is 0 Å². The minimum Gasteiger partial charge on any atom is -0.301 e. The second-order valence-electron chi connectivity index (χ2n) is 1.02. The summed E-state index contributed by atoms with van der Waals surface area (Å²) in [7, 11) is 0. The molecule has 5 nitrogen and oxygen atoms in total. The quantitative estimate of drug-likeness (QED) is 0.224. The van der Waals surface area contributed by atoms with Crippen molar-refractivity contribution in [3.05, 3.63) is 0 Å². The molecule has 1 fully saturated rings. The summed E-state index contributed by atoms with van der Waals surface area (Å²) in [5.74, 6) is 0. The molecule has 0 radical (unpaired) electrons. The predicted molar refractivity (Wildman–Crippen MR) is 20.5 cm³/mol. The lowest BCUT2D eigenvalue weighted by atomic mass is 11.0. The van der Waals surface area contributed by atoms with Crippen LogP contribution in [0.3, 0.4) is 0 Å². The fraction of sp³-hybridized carbons (Fsp3) is 1.00. The zero-order valence-corrected chi connectivity index (χ0v) is 3.15. The van der Waals surface area contributed by atoms with Gasteiger partial charge in [0.2, 0.25) is 0 Å². The van der Waals surface area contributed by atoms with E-state index in [1.165, 1.54) is 0 Å². The Balaban J connectivity index is 2.18. The number of nitrogens with two attached hydrogens (primary N) is 1. The van der Waals surface area contributed by atoms with E-state index in [4.69, 9.17) is 5.73 Å². The molecule has 5 heteroatoms. The molecule has 0 amide bonds. The van der Waals surface area contributed by atoms with Crippen molar-refractivity contribution in [3.8, 4) is 0 Å². The standard InChI is InChI=1S/CH7N5/c2-1-3-5-6-4-1/h1,3-6H,2H2. The SMILES string of the molecule is NC1NNNN1. The minimum atomic E-state index is -0.176. The van der Waals surface area contributed by atoms with Crippen molar-refractivity contribution in [1.82, 2.24) is 21.9 Å². The molecule has 6 heavy (non-hydrogen) atoms. The fourth-order valence-corrected chi connectivity index (χ4v) is 0.264. The van der Waals surface area contributed by atoms with Crippen LogP contribution in [-0.4, -0.2) is 6.29 Å². The monoisotopic (exact) mass is 89.1 g/mol. The van der Waals surface area contributed by atoms with Gasteiger partial charge in [0.15, 0.2) is 0 Å². The van der Waals surface area contributed by atoms with Crippen LogP contribution in [-0.2, 0) is 0 Å². The lowest BCUT2D eigenvalue weighted by molar-refractivity contribution is 0.546. The summed E-state index contributed by atoms with van der Waals surface area (Å²) in [5, 5.41) is 0. The van der Waals surface area contributed by atoms with Crippen LogP contribution in [0, 0.1) is 0 Å². The Bertz CT molecular complexity index is 37.2. The molecule has 0 saturated carbocycles. The zero-order valence-electron chi connectivity index (χ0n) is 3.15. The topological polar surface area (TPSA) is 74.1 Å². The van der Waals surface area contributed by atoms with Crippen molar-refractivity contribution in [2.24, 2.45) is 5.73 Å². The van der Waals surface area contributed by atoms with Crippen molar-refractivity contribution < 1.29 is 0 Å². The number of hydrogen-bond acceptors (Lipinski definition) is 5. The summed E-state index contributed by atoms with van der Waals surface area (Å²) >= 11 is 0. The van der Waals surface area contributed by atoms with Gasteiger partial charge in [-0.25, -0.2) is 10.9 Å². The maximum absolute atomic E-state index is 5.19. The maximum atomic E-state index is 5.19. The number of hydrogen-bond donors (Lipinski definition) is 5. The molecule has 0 spiro atoms. The molecule has 0 unspecified atom stereocenters. The average Bonchev–Trinajstić information content (AvgIpc) is 1.86. The summed E-state index contributed by atoms with van der Waals surface area (Å²) in [6.45, 7) is 0. The van der Waals surface area contributed by atoms with Crippen LogP contribution in [0.4, 0.5) is 0 Å². The fourth-order valence-electron chi connectivity index (χ4n) is 0.264. The van der Waals surface area contributed by atoms with Crippen LogP contribution in [0.15, 0.2) is 0 Å². The van der Waals surface area contributed by atoms with Crippen molar-refractivity contribution in [1.29, 1.82) is 0 Å². The molecule has 0 aliphatic carbocycles. The molecule has 0 bridgehead atoms. The number of nitrogens with one attached hydrogen (secondary N) is 4. The Morgan fingerprint density at radius 1 is 1.17 bits per heavy atom. The van der Waals surface area contributed by atoms with Crippen LogP contribution < -0.4 is 27.7 Å². The van der Waals surface area contributed by atoms with Crippen molar-refractivity contribution in [2.75, 3.05) is 0 Å². The summed E-state index contributed by atoms with van der Waals surface area (Å²) in [6, 6.07) is 0. The first-order chi connectivity index (χ1) is 2.89. The van der Waals surface area contributed by atoms with Gasteiger partial charge >= 0.3 is 0 Å². The first-order valence-electron chi connectivity index (χ1n) is 1.66. The van der Waals surface area contributed by atoms with Gasteiger partial charge in [0, 0.05) is 0 Å². The van der Waals surface area contributed by atoms with E-state index in [0.717, 1.165) is 0 Å². The second kappa shape index (κ2) is 1.50. The van der Waals surface area contributed by atoms with Gasteiger partial charge in [-0.05, 0) is 0 Å². The minimum absolute atomic E-state index is 0.176. The van der Waals surface area contributed by atoms with E-state index in [1.807, 2.05) is 0 Å². The summed E-state index contributed by atoms with van der Waals surface area (Å²) in [5.41, 5.74) is 15.5. The van der Waals surface area contributed by atoms with E-state index in [1.54, 1.807) is 0 Å². The predicted octanol–water partition coefficient (Wildman–Crippen LogP) is -2.65. The van der Waals surface area contributed by atoms with Crippen LogP contribution in [0.1, 0.15) is 0 Å². The Kier molecular flexibility index (Phi) is 0.992. The van der Waals surface area contributed by atoms with Gasteiger partial charge in [-0.15, -0.1) is 0 Å². The first kappa shape index (κ1) is 3.97. The molecule has 1 heterocycles. The molecule has 6 N–H and O–H groups in total. The van der Waals surface area contributed by atoms with Gasteiger partial charge in [-0.3, -0.25) is 0 Å². The summed E-state index contributed by atoms with van der Waals surface area (Å²) < 4.78 is 0. The maximum Gasteiger partial charge on any atom is 0.136 e. The van der Waals surface area contributed by atoms with E-state index in [2.05, 4.69) is 21.9 Å². The number of hydrazine groups is 3. The van der Waals surface area contributed by atoms with Crippen LogP contribution in [0.5, 0.6) is 0 Å². The van der Waals surface area contributed by atoms with E-state index < -0.39 is 0 Å². The zero-order chi connectivity index (χ0) is 4.41. The largest absolute Gasteiger partial charge is 0.301 e. The van der Waals surface area contributed by atoms with Gasteiger partial charge < -0.3 is 5.73 Å². The molecule has 1 aliphatic rings. The third-order valence-electron chi connectivity index (χ3n) is 0.518. The van der Waals surface area contributed by atoms with Gasteiger partial charge in [-0.1, -0.05) is 0 Å². The van der Waals surface area contributed by atoms with Crippen molar-refractivity contribution >= 4 is 0 Å². The van der Waals surface area contributed by atoms with Crippen LogP contribution in [0.25, 0.3) is 0 Å². The van der Waals surface area contributed by atoms with Gasteiger partial charge in [0.05, 0.1) is 0 Å². The normalized spacial score (nSPS) is 25.5. The molecule has 0 aromatic heterocycles. The van der Waals surface area contributed by atoms with Gasteiger partial charge in [0.25, 0.3) is 0 Å². The van der Waals surface area contributed by atoms with Gasteiger partial charge in [0.1, 0.15) is 6.29 Å². The molecule has 1 rings (SSSR count). The van der Waals surface area contributed by atoms with Crippen LogP contribution in [0.2, 0.25) is 0 Å². The highest BCUT2D eigenvalue weighted by Gasteiger charge is 2.02. The molecule has 0 aromatic carbocycles. The first-order valence-corrected chi connectivity index (χ1v) is 1.66. The molecule has 1 saturated heterocycles. The highest BCUT2D eigenvalue weighted by molar-refractivity contribution is 4.48. The van der Waals surface area contributed by atoms with E-state index in [9.17, 15) is 0 Å². The molecular weight excluding hydrogens is 82.0 g/mol. The summed E-state index contributed by atoms with van der Waals surface area (Å²) in [4.78, 5) is 0. The van der Waals surface area contributed by atoms with Crippen LogP contribution >= 0.6 is 0 Å². The molecular formula is CH7N5. The highest BCUT2D eigenvalue weighted by atomic mass is 15.8. The van der Waals surface area contributed by atoms with E-state index in [-0.39, 0.29) is 6.29 Å². The van der Waals surface area contributed by atoms with Gasteiger partial charge in [-0.2, -0.15) is 11.1 Å². The highest BCUT2D eigenvalue weighted by Crippen LogP contribution is 1.55.